The van der Waals surface area contributed by atoms with Crippen LogP contribution in [0.3, 0.4) is 0 Å². The number of amides is 1. The second-order valence-corrected chi connectivity index (χ2v) is 4.47. The molecular formula is C14H10N4O5. The van der Waals surface area contributed by atoms with Crippen molar-refractivity contribution in [1.82, 2.24) is 10.4 Å². The Bertz CT molecular complexity index is 791. The quantitative estimate of drug-likeness (QED) is 0.519. The standard InChI is InChI=1S/C14H10N4O5/c19-14(10-1-3-15-4-2-10)17-16-7-9-5-11(18(20)21)13-12(6-9)22-8-23-13/h1-7H,8H2,(H,17,19)/b16-7+. The number of hydrogen-bond acceptors (Lipinski definition) is 7. The number of fused-ring (bicyclic) bond motifs is 1. The molecule has 0 unspecified atom stereocenters. The van der Waals surface area contributed by atoms with Gasteiger partial charge < -0.3 is 9.47 Å². The van der Waals surface area contributed by atoms with Gasteiger partial charge in [-0.2, -0.15) is 5.10 Å². The Kier molecular flexibility index (Phi) is 3.83. The summed E-state index contributed by atoms with van der Waals surface area (Å²) >= 11 is 0. The topological polar surface area (TPSA) is 116 Å². The van der Waals surface area contributed by atoms with Crippen LogP contribution < -0.4 is 14.9 Å². The van der Waals surface area contributed by atoms with E-state index in [0.717, 1.165) is 0 Å². The average Bonchev–Trinajstić information content (AvgIpc) is 3.03. The lowest BCUT2D eigenvalue weighted by Crippen LogP contribution is -2.17. The number of hydrazone groups is 1. The number of benzene rings is 1. The maximum atomic E-state index is 11.8. The molecular weight excluding hydrogens is 304 g/mol. The zero-order valence-electron chi connectivity index (χ0n) is 11.6. The molecule has 2 heterocycles. The van der Waals surface area contributed by atoms with E-state index in [9.17, 15) is 14.9 Å². The highest BCUT2D eigenvalue weighted by atomic mass is 16.7. The van der Waals surface area contributed by atoms with E-state index in [2.05, 4.69) is 15.5 Å². The molecule has 1 N–H and O–H groups in total. The van der Waals surface area contributed by atoms with Gasteiger partial charge in [0.05, 0.1) is 11.1 Å². The molecule has 1 aromatic heterocycles. The molecule has 0 radical (unpaired) electrons. The summed E-state index contributed by atoms with van der Waals surface area (Å²) in [4.78, 5) is 26.1. The van der Waals surface area contributed by atoms with Crippen LogP contribution in [0.4, 0.5) is 5.69 Å². The second-order valence-electron chi connectivity index (χ2n) is 4.47. The summed E-state index contributed by atoms with van der Waals surface area (Å²) in [6.45, 7) is -0.0739. The zero-order chi connectivity index (χ0) is 16.2. The Morgan fingerprint density at radius 1 is 1.35 bits per heavy atom. The second kappa shape index (κ2) is 6.10. The first kappa shape index (κ1) is 14.4. The number of aromatic nitrogens is 1. The van der Waals surface area contributed by atoms with Crippen molar-refractivity contribution in [2.45, 2.75) is 0 Å². The van der Waals surface area contributed by atoms with Crippen LogP contribution in [0.25, 0.3) is 0 Å². The predicted octanol–water partition coefficient (Wildman–Crippen LogP) is 1.48. The molecule has 1 amide bonds. The van der Waals surface area contributed by atoms with Crippen molar-refractivity contribution in [2.24, 2.45) is 5.10 Å². The number of nitrogens with one attached hydrogen (secondary N) is 1. The van der Waals surface area contributed by atoms with Gasteiger partial charge in [-0.3, -0.25) is 19.9 Å². The smallest absolute Gasteiger partial charge is 0.315 e. The summed E-state index contributed by atoms with van der Waals surface area (Å²) in [5.41, 5.74) is 2.90. The molecule has 0 atom stereocenters. The molecule has 2 aromatic rings. The largest absolute Gasteiger partial charge is 0.453 e. The first-order valence-corrected chi connectivity index (χ1v) is 6.46. The monoisotopic (exact) mass is 314 g/mol. The zero-order valence-corrected chi connectivity index (χ0v) is 11.6. The first-order chi connectivity index (χ1) is 11.1. The third kappa shape index (κ3) is 3.07. The van der Waals surface area contributed by atoms with Gasteiger partial charge in [-0.05, 0) is 18.2 Å². The van der Waals surface area contributed by atoms with Crippen molar-refractivity contribution >= 4 is 17.8 Å². The third-order valence-corrected chi connectivity index (χ3v) is 2.99. The molecule has 0 aliphatic carbocycles. The molecule has 0 spiro atoms. The van der Waals surface area contributed by atoms with Crippen LogP contribution in [0.15, 0.2) is 41.8 Å². The maximum absolute atomic E-state index is 11.8. The van der Waals surface area contributed by atoms with E-state index in [1.165, 1.54) is 42.9 Å². The fourth-order valence-corrected chi connectivity index (χ4v) is 1.96. The van der Waals surface area contributed by atoms with Crippen LogP contribution in [0.5, 0.6) is 11.5 Å². The van der Waals surface area contributed by atoms with Gasteiger partial charge in [0.2, 0.25) is 12.5 Å². The number of rotatable bonds is 4. The minimum absolute atomic E-state index is 0.0739. The number of carbonyl (C=O) groups excluding carboxylic acids is 1. The van der Waals surface area contributed by atoms with Gasteiger partial charge >= 0.3 is 5.69 Å². The van der Waals surface area contributed by atoms with Gasteiger partial charge in [-0.1, -0.05) is 0 Å². The summed E-state index contributed by atoms with van der Waals surface area (Å²) < 4.78 is 10.2. The van der Waals surface area contributed by atoms with E-state index in [4.69, 9.17) is 9.47 Å². The van der Waals surface area contributed by atoms with Crippen molar-refractivity contribution < 1.29 is 19.2 Å². The average molecular weight is 314 g/mol. The lowest BCUT2D eigenvalue weighted by molar-refractivity contribution is -0.385. The van der Waals surface area contributed by atoms with Gasteiger partial charge in [0, 0.05) is 29.6 Å². The number of nitro groups is 1. The molecule has 0 fully saturated rings. The highest BCUT2D eigenvalue weighted by Crippen LogP contribution is 2.41. The number of carbonyl (C=O) groups is 1. The van der Waals surface area contributed by atoms with Crippen LogP contribution in [0.1, 0.15) is 15.9 Å². The fraction of sp³-hybridized carbons (Fsp3) is 0.0714. The predicted molar refractivity (Wildman–Crippen MR) is 78.5 cm³/mol. The van der Waals surface area contributed by atoms with Gasteiger partial charge in [0.1, 0.15) is 0 Å². The fourth-order valence-electron chi connectivity index (χ4n) is 1.96. The number of nitro benzene ring substituents is 1. The maximum Gasteiger partial charge on any atom is 0.315 e. The summed E-state index contributed by atoms with van der Waals surface area (Å²) in [5, 5.41) is 14.8. The minimum Gasteiger partial charge on any atom is -0.453 e. The van der Waals surface area contributed by atoms with Gasteiger partial charge in [-0.25, -0.2) is 5.43 Å². The summed E-state index contributed by atoms with van der Waals surface area (Å²) in [6, 6.07) is 5.90. The molecule has 9 heteroatoms. The van der Waals surface area contributed by atoms with Crippen LogP contribution >= 0.6 is 0 Å². The van der Waals surface area contributed by atoms with E-state index < -0.39 is 10.8 Å². The van der Waals surface area contributed by atoms with Crippen molar-refractivity contribution in [2.75, 3.05) is 6.79 Å². The number of ether oxygens (including phenoxy) is 2. The minimum atomic E-state index is -0.569. The number of pyridine rings is 1. The summed E-state index contributed by atoms with van der Waals surface area (Å²) in [6.07, 6.45) is 4.26. The van der Waals surface area contributed by atoms with Crippen LogP contribution in [0.2, 0.25) is 0 Å². The van der Waals surface area contributed by atoms with Crippen molar-refractivity contribution in [3.63, 3.8) is 0 Å². The molecule has 1 aliphatic rings. The number of hydrogen-bond donors (Lipinski definition) is 1. The molecule has 23 heavy (non-hydrogen) atoms. The molecule has 0 saturated carbocycles. The number of nitrogens with zero attached hydrogens (tertiary/aromatic N) is 3. The normalized spacial score (nSPS) is 12.3. The molecule has 9 nitrogen and oxygen atoms in total. The Balaban J connectivity index is 1.77. The molecule has 0 bridgehead atoms. The summed E-state index contributed by atoms with van der Waals surface area (Å²) in [7, 11) is 0. The van der Waals surface area contributed by atoms with E-state index in [0.29, 0.717) is 11.1 Å². The SMILES string of the molecule is O=C(N/N=C/c1cc2c(c([N+](=O)[O-])c1)OCO2)c1ccncc1. The molecule has 1 aliphatic heterocycles. The van der Waals surface area contributed by atoms with Crippen LogP contribution in [-0.2, 0) is 0 Å². The van der Waals surface area contributed by atoms with Gasteiger partial charge in [0.15, 0.2) is 5.75 Å². The Labute approximate surface area is 129 Å². The van der Waals surface area contributed by atoms with Gasteiger partial charge in [0.25, 0.3) is 5.91 Å². The molecule has 1 aromatic carbocycles. The lowest BCUT2D eigenvalue weighted by atomic mass is 10.2. The Hall–Kier alpha value is -3.49. The Morgan fingerprint density at radius 2 is 2.13 bits per heavy atom. The van der Waals surface area contributed by atoms with Crippen molar-refractivity contribution in [1.29, 1.82) is 0 Å². The van der Waals surface area contributed by atoms with Crippen LogP contribution in [-0.4, -0.2) is 28.8 Å². The highest BCUT2D eigenvalue weighted by molar-refractivity contribution is 5.94. The third-order valence-electron chi connectivity index (χ3n) is 2.99. The molecule has 116 valence electrons. The van der Waals surface area contributed by atoms with Crippen molar-refractivity contribution in [3.8, 4) is 11.5 Å². The van der Waals surface area contributed by atoms with E-state index in [-0.39, 0.29) is 24.0 Å². The van der Waals surface area contributed by atoms with Crippen molar-refractivity contribution in [3.05, 3.63) is 57.9 Å². The molecule has 3 rings (SSSR count). The first-order valence-electron chi connectivity index (χ1n) is 6.46. The van der Waals surface area contributed by atoms with E-state index in [1.54, 1.807) is 0 Å². The highest BCUT2D eigenvalue weighted by Gasteiger charge is 2.26. The summed E-state index contributed by atoms with van der Waals surface area (Å²) in [5.74, 6) is -0.0621. The van der Waals surface area contributed by atoms with E-state index in [1.807, 2.05) is 0 Å². The van der Waals surface area contributed by atoms with E-state index >= 15 is 0 Å². The Morgan fingerprint density at radius 3 is 2.87 bits per heavy atom. The molecule has 0 saturated heterocycles. The van der Waals surface area contributed by atoms with Gasteiger partial charge in [-0.15, -0.1) is 0 Å². The van der Waals surface area contributed by atoms with Crippen LogP contribution in [0, 0.1) is 10.1 Å². The lowest BCUT2D eigenvalue weighted by Gasteiger charge is -2.01.